The molecule has 1 aromatic heterocycles. The quantitative estimate of drug-likeness (QED) is 0.397. The minimum Gasteiger partial charge on any atom is -0.466 e. The zero-order chi connectivity index (χ0) is 19.4. The highest BCUT2D eigenvalue weighted by Crippen LogP contribution is 2.29. The lowest BCUT2D eigenvalue weighted by atomic mass is 9.94. The maximum atomic E-state index is 12.1. The van der Waals surface area contributed by atoms with Crippen LogP contribution in [0.4, 0.5) is 0 Å². The molecule has 0 bridgehead atoms. The number of esters is 1. The van der Waals surface area contributed by atoms with Crippen LogP contribution in [0, 0.1) is 5.92 Å². The first-order chi connectivity index (χ1) is 13.0. The van der Waals surface area contributed by atoms with Gasteiger partial charge in [-0.1, -0.05) is 37.2 Å². The van der Waals surface area contributed by atoms with E-state index in [2.05, 4.69) is 4.99 Å². The summed E-state index contributed by atoms with van der Waals surface area (Å²) in [7, 11) is 0. The van der Waals surface area contributed by atoms with Crippen molar-refractivity contribution >= 4 is 46.0 Å². The Bertz CT molecular complexity index is 923. The van der Waals surface area contributed by atoms with Gasteiger partial charge in [-0.25, -0.2) is 9.67 Å². The van der Waals surface area contributed by atoms with E-state index >= 15 is 0 Å². The summed E-state index contributed by atoms with van der Waals surface area (Å²) < 4.78 is 8.87. The second-order valence-corrected chi connectivity index (χ2v) is 8.31. The molecule has 0 amide bonds. The first-order valence-corrected chi connectivity index (χ1v) is 10.7. The number of thiocarbonyl (C=S) groups is 1. The van der Waals surface area contributed by atoms with E-state index in [1.54, 1.807) is 16.8 Å². The Balaban J connectivity index is 1.81. The largest absolute Gasteiger partial charge is 0.466 e. The summed E-state index contributed by atoms with van der Waals surface area (Å²) in [6.45, 7) is 3.92. The summed E-state index contributed by atoms with van der Waals surface area (Å²) in [5.74, 6) is -0.733. The molecule has 9 heteroatoms. The van der Waals surface area contributed by atoms with E-state index in [0.29, 0.717) is 33.5 Å². The number of fused-ring (bicyclic) bond motifs is 1. The number of halogens is 1. The molecular formula is C18H22ClN3O3S2. The van der Waals surface area contributed by atoms with Crippen molar-refractivity contribution in [2.24, 2.45) is 10.9 Å². The molecule has 1 atom stereocenters. The van der Waals surface area contributed by atoms with E-state index < -0.39 is 5.92 Å². The van der Waals surface area contributed by atoms with Gasteiger partial charge in [-0.15, -0.1) is 0 Å². The average molecular weight is 428 g/mol. The van der Waals surface area contributed by atoms with Crippen LogP contribution in [0.1, 0.15) is 39.0 Å². The Morgan fingerprint density at radius 1 is 1.37 bits per heavy atom. The van der Waals surface area contributed by atoms with Gasteiger partial charge in [0.05, 0.1) is 18.7 Å². The molecule has 0 N–H and O–H groups in total. The Hall–Kier alpha value is -1.51. The Morgan fingerprint density at radius 3 is 2.85 bits per heavy atom. The van der Waals surface area contributed by atoms with Crippen molar-refractivity contribution in [1.29, 1.82) is 0 Å². The average Bonchev–Trinajstić information content (AvgIpc) is 2.97. The molecule has 1 aromatic rings. The fourth-order valence-corrected chi connectivity index (χ4v) is 4.55. The van der Waals surface area contributed by atoms with Crippen LogP contribution in [0.25, 0.3) is 0 Å². The van der Waals surface area contributed by atoms with Crippen LogP contribution in [-0.2, 0) is 22.6 Å². The van der Waals surface area contributed by atoms with E-state index in [4.69, 9.17) is 28.6 Å². The van der Waals surface area contributed by atoms with Crippen molar-refractivity contribution < 1.29 is 9.53 Å². The number of aromatic nitrogens is 2. The molecule has 1 unspecified atom stereocenters. The summed E-state index contributed by atoms with van der Waals surface area (Å²) in [6, 6.07) is 0. The monoisotopic (exact) mass is 427 g/mol. The van der Waals surface area contributed by atoms with E-state index in [-0.39, 0.29) is 17.3 Å². The molecule has 0 saturated heterocycles. The maximum absolute atomic E-state index is 12.1. The number of hydrogen-bond acceptors (Lipinski definition) is 6. The van der Waals surface area contributed by atoms with Gasteiger partial charge in [0.25, 0.3) is 0 Å². The molecule has 0 fully saturated rings. The van der Waals surface area contributed by atoms with E-state index in [1.807, 2.05) is 11.6 Å². The lowest BCUT2D eigenvalue weighted by molar-refractivity contribution is -0.144. The van der Waals surface area contributed by atoms with Crippen LogP contribution in [0.5, 0.6) is 0 Å². The third kappa shape index (κ3) is 4.67. The Kier molecular flexibility index (Phi) is 6.83. The molecule has 2 aliphatic rings. The van der Waals surface area contributed by atoms with Crippen molar-refractivity contribution in [3.05, 3.63) is 37.4 Å². The number of nitrogens with zero attached hydrogens (tertiary/aromatic N) is 3. The normalized spacial score (nSPS) is 20.1. The third-order valence-corrected chi connectivity index (χ3v) is 6.29. The molecule has 0 spiro atoms. The van der Waals surface area contributed by atoms with E-state index in [9.17, 15) is 9.59 Å². The predicted molar refractivity (Wildman–Crippen MR) is 110 cm³/mol. The molecule has 27 heavy (non-hydrogen) atoms. The summed E-state index contributed by atoms with van der Waals surface area (Å²) in [5.41, 5.74) is 0.573. The van der Waals surface area contributed by atoms with Gasteiger partial charge in [0.1, 0.15) is 0 Å². The Labute approximate surface area is 171 Å². The molecule has 1 aliphatic carbocycles. The van der Waals surface area contributed by atoms with Gasteiger partial charge in [0, 0.05) is 28.9 Å². The summed E-state index contributed by atoms with van der Waals surface area (Å²) in [5, 5.41) is 0.506. The number of allylic oxidation sites excluding steroid dienone is 4. The van der Waals surface area contributed by atoms with Gasteiger partial charge in [0.2, 0.25) is 4.80 Å². The maximum Gasteiger partial charge on any atom is 0.325 e. The minimum atomic E-state index is -0.417. The molecule has 6 nitrogen and oxygen atoms in total. The van der Waals surface area contributed by atoms with Crippen LogP contribution in [0.3, 0.4) is 0 Å². The molecule has 3 rings (SSSR count). The smallest absolute Gasteiger partial charge is 0.325 e. The minimum absolute atomic E-state index is 0.0135. The first-order valence-electron chi connectivity index (χ1n) is 9.14. The molecule has 1 aliphatic heterocycles. The molecule has 0 radical (unpaired) electrons. The van der Waals surface area contributed by atoms with Crippen molar-refractivity contribution in [3.63, 3.8) is 0 Å². The van der Waals surface area contributed by atoms with Gasteiger partial charge >= 0.3 is 10.8 Å². The highest BCUT2D eigenvalue weighted by Gasteiger charge is 2.27. The number of unbranched alkanes of at least 4 members (excludes halogenated alkanes) is 1. The van der Waals surface area contributed by atoms with Crippen LogP contribution in [0.15, 0.2) is 32.7 Å². The predicted octanol–water partition coefficient (Wildman–Crippen LogP) is 3.15. The van der Waals surface area contributed by atoms with Gasteiger partial charge in [0.15, 0.2) is 0 Å². The van der Waals surface area contributed by atoms with Crippen LogP contribution >= 0.6 is 35.2 Å². The SMILES string of the molecule is CCCCOC(=O)CC1C(=S)C(N=c2sc(=O)n3n2CCCC3)=CC=C1Cl. The fraction of sp³-hybridized carbons (Fsp3) is 0.556. The van der Waals surface area contributed by atoms with Crippen molar-refractivity contribution in [2.75, 3.05) is 6.61 Å². The molecule has 0 aromatic carbocycles. The third-order valence-electron chi connectivity index (χ3n) is 4.54. The second-order valence-electron chi connectivity index (χ2n) is 6.51. The number of ether oxygens (including phenoxy) is 1. The fourth-order valence-electron chi connectivity index (χ4n) is 3.02. The lowest BCUT2D eigenvalue weighted by Crippen LogP contribution is -2.31. The van der Waals surface area contributed by atoms with Gasteiger partial charge in [-0.2, -0.15) is 0 Å². The summed E-state index contributed by atoms with van der Waals surface area (Å²) in [4.78, 5) is 30.0. The zero-order valence-corrected chi connectivity index (χ0v) is 17.5. The molecule has 2 heterocycles. The number of hydrogen-bond donors (Lipinski definition) is 0. The van der Waals surface area contributed by atoms with Crippen molar-refractivity contribution in [1.82, 2.24) is 9.36 Å². The van der Waals surface area contributed by atoms with Crippen molar-refractivity contribution in [3.8, 4) is 0 Å². The van der Waals surface area contributed by atoms with Gasteiger partial charge < -0.3 is 4.74 Å². The van der Waals surface area contributed by atoms with Gasteiger partial charge in [-0.3, -0.25) is 14.3 Å². The number of rotatable bonds is 6. The topological polar surface area (TPSA) is 65.6 Å². The molecular weight excluding hydrogens is 406 g/mol. The Morgan fingerprint density at radius 2 is 2.11 bits per heavy atom. The number of carbonyl (C=O) groups is 1. The lowest BCUT2D eigenvalue weighted by Gasteiger charge is -2.20. The second kappa shape index (κ2) is 9.12. The summed E-state index contributed by atoms with van der Waals surface area (Å²) >= 11 is 13.0. The van der Waals surface area contributed by atoms with Crippen LogP contribution in [-0.4, -0.2) is 26.8 Å². The van der Waals surface area contributed by atoms with Crippen molar-refractivity contribution in [2.45, 2.75) is 52.1 Å². The molecule has 146 valence electrons. The number of carbonyl (C=O) groups excluding carboxylic acids is 1. The standard InChI is InChI=1S/C18H22ClN3O3S2/c1-2-3-10-25-15(23)11-12-13(19)6-7-14(16(12)26)20-17-21-8-4-5-9-22(21)18(24)27-17/h6-7,12H,2-5,8-11H2,1H3. The highest BCUT2D eigenvalue weighted by molar-refractivity contribution is 7.81. The highest BCUT2D eigenvalue weighted by atomic mass is 35.5. The van der Waals surface area contributed by atoms with E-state index in [0.717, 1.165) is 43.6 Å². The van der Waals surface area contributed by atoms with Crippen LogP contribution < -0.4 is 9.67 Å². The molecule has 0 saturated carbocycles. The van der Waals surface area contributed by atoms with Crippen LogP contribution in [0.2, 0.25) is 0 Å². The first kappa shape index (κ1) is 20.2. The van der Waals surface area contributed by atoms with Gasteiger partial charge in [-0.05, 0) is 42.8 Å². The zero-order valence-electron chi connectivity index (χ0n) is 15.1. The van der Waals surface area contributed by atoms with E-state index in [1.165, 1.54) is 0 Å². The summed E-state index contributed by atoms with van der Waals surface area (Å²) in [6.07, 6.45) is 7.37.